The third-order valence-electron chi connectivity index (χ3n) is 3.60. The monoisotopic (exact) mass is 458 g/mol. The number of guanidine groups is 1. The van der Waals surface area contributed by atoms with E-state index >= 15 is 0 Å². The van der Waals surface area contributed by atoms with Crippen LogP contribution in [0.15, 0.2) is 23.2 Å². The highest BCUT2D eigenvalue weighted by Gasteiger charge is 2.14. The largest absolute Gasteiger partial charge is 0.370 e. The summed E-state index contributed by atoms with van der Waals surface area (Å²) in [4.78, 5) is 6.54. The molecule has 0 radical (unpaired) electrons. The van der Waals surface area contributed by atoms with E-state index in [4.69, 9.17) is 34.7 Å². The summed E-state index contributed by atoms with van der Waals surface area (Å²) in [5.74, 6) is 0.338. The van der Waals surface area contributed by atoms with Crippen molar-refractivity contribution in [2.45, 2.75) is 26.2 Å². The molecule has 0 fully saturated rings. The lowest BCUT2D eigenvalue weighted by Gasteiger charge is -2.22. The Hall–Kier alpha value is -0.240. The van der Waals surface area contributed by atoms with Gasteiger partial charge in [-0.25, -0.2) is 0 Å². The van der Waals surface area contributed by atoms with Crippen LogP contribution in [0.25, 0.3) is 0 Å². The van der Waals surface area contributed by atoms with E-state index in [1.54, 1.807) is 0 Å². The van der Waals surface area contributed by atoms with Gasteiger partial charge in [-0.15, -0.1) is 24.0 Å². The summed E-state index contributed by atoms with van der Waals surface area (Å²) in [5, 5.41) is 1.12. The fourth-order valence-corrected chi connectivity index (χ4v) is 2.53. The Labute approximate surface area is 160 Å². The first-order valence-corrected chi connectivity index (χ1v) is 7.96. The first-order chi connectivity index (χ1) is 9.97. The highest BCUT2D eigenvalue weighted by molar-refractivity contribution is 14.0. The van der Waals surface area contributed by atoms with Crippen LogP contribution in [0, 0.1) is 0 Å². The van der Waals surface area contributed by atoms with E-state index in [2.05, 4.69) is 23.7 Å². The number of halogens is 3. The van der Waals surface area contributed by atoms with Gasteiger partial charge in [0.15, 0.2) is 5.96 Å². The first-order valence-electron chi connectivity index (χ1n) is 7.20. The maximum absolute atomic E-state index is 6.11. The first kappa shape index (κ1) is 21.8. The van der Waals surface area contributed by atoms with Crippen molar-refractivity contribution in [2.24, 2.45) is 16.5 Å². The van der Waals surface area contributed by atoms with Crippen molar-refractivity contribution in [1.29, 1.82) is 0 Å². The molecule has 0 saturated heterocycles. The highest BCUT2D eigenvalue weighted by atomic mass is 127. The molecule has 0 aliphatic rings. The summed E-state index contributed by atoms with van der Waals surface area (Å²) in [6.07, 6.45) is 0.969. The van der Waals surface area contributed by atoms with E-state index in [1.165, 1.54) is 0 Å². The van der Waals surface area contributed by atoms with Gasteiger partial charge in [-0.3, -0.25) is 4.99 Å². The number of rotatable bonds is 8. The molecule has 7 heteroatoms. The zero-order valence-electron chi connectivity index (χ0n) is 13.1. The number of aliphatic imine (C=N–C) groups is 1. The minimum atomic E-state index is 0. The third kappa shape index (κ3) is 7.35. The molecule has 1 atom stereocenters. The predicted molar refractivity (Wildman–Crippen MR) is 108 cm³/mol. The fourth-order valence-electron chi connectivity index (χ4n) is 2.22. The average molecular weight is 459 g/mol. The number of nitrogens with zero attached hydrogens (tertiary/aromatic N) is 2. The molecule has 1 aromatic carbocycles. The second kappa shape index (κ2) is 11.3. The second-order valence-corrected chi connectivity index (χ2v) is 5.77. The van der Waals surface area contributed by atoms with Crippen molar-refractivity contribution in [1.82, 2.24) is 4.90 Å². The lowest BCUT2D eigenvalue weighted by molar-refractivity contribution is 0.291. The molecular weight excluding hydrogens is 434 g/mol. The topological polar surface area (TPSA) is 67.6 Å². The van der Waals surface area contributed by atoms with Gasteiger partial charge in [0.05, 0.1) is 10.0 Å². The zero-order valence-corrected chi connectivity index (χ0v) is 16.9. The minimum Gasteiger partial charge on any atom is -0.370 e. The molecule has 0 aliphatic heterocycles. The molecule has 0 amide bonds. The molecule has 4 N–H and O–H groups in total. The van der Waals surface area contributed by atoms with Gasteiger partial charge < -0.3 is 16.4 Å². The number of hydrogen-bond acceptors (Lipinski definition) is 2. The van der Waals surface area contributed by atoms with Crippen molar-refractivity contribution in [3.8, 4) is 0 Å². The van der Waals surface area contributed by atoms with E-state index < -0.39 is 0 Å². The van der Waals surface area contributed by atoms with Gasteiger partial charge in [-0.1, -0.05) is 43.1 Å². The second-order valence-electron chi connectivity index (χ2n) is 4.95. The van der Waals surface area contributed by atoms with Crippen LogP contribution in [0.4, 0.5) is 0 Å². The predicted octanol–water partition coefficient (Wildman–Crippen LogP) is 3.70. The smallest absolute Gasteiger partial charge is 0.185 e. The van der Waals surface area contributed by atoms with Crippen LogP contribution in [-0.4, -0.2) is 37.0 Å². The number of hydrogen-bond donors (Lipinski definition) is 2. The molecule has 1 aromatic rings. The molecule has 126 valence electrons. The van der Waals surface area contributed by atoms with Gasteiger partial charge in [0.1, 0.15) is 0 Å². The lowest BCUT2D eigenvalue weighted by Crippen LogP contribution is -2.27. The van der Waals surface area contributed by atoms with Crippen LogP contribution >= 0.6 is 47.2 Å². The van der Waals surface area contributed by atoms with Crippen LogP contribution in [0.3, 0.4) is 0 Å². The normalized spacial score (nSPS) is 11.9. The van der Waals surface area contributed by atoms with Crippen molar-refractivity contribution in [3.05, 3.63) is 33.8 Å². The summed E-state index contributed by atoms with van der Waals surface area (Å²) >= 11 is 12.1. The fraction of sp³-hybridized carbons (Fsp3) is 0.533. The van der Waals surface area contributed by atoms with E-state index in [-0.39, 0.29) is 35.9 Å². The van der Waals surface area contributed by atoms with Gasteiger partial charge in [-0.05, 0) is 43.8 Å². The zero-order chi connectivity index (χ0) is 15.8. The molecule has 0 saturated carbocycles. The van der Waals surface area contributed by atoms with E-state index in [1.807, 2.05) is 18.2 Å². The molecule has 0 spiro atoms. The SMILES string of the molecule is CCN(CC)CCC(CN=C(N)N)c1ccc(Cl)c(Cl)c1.I. The van der Waals surface area contributed by atoms with Crippen LogP contribution in [0.5, 0.6) is 0 Å². The van der Waals surface area contributed by atoms with Gasteiger partial charge in [0.25, 0.3) is 0 Å². The Morgan fingerprint density at radius 1 is 1.18 bits per heavy atom. The molecule has 0 aliphatic carbocycles. The van der Waals surface area contributed by atoms with Crippen LogP contribution < -0.4 is 11.5 Å². The third-order valence-corrected chi connectivity index (χ3v) is 4.34. The summed E-state index contributed by atoms with van der Waals surface area (Å²) in [7, 11) is 0. The Morgan fingerprint density at radius 2 is 1.82 bits per heavy atom. The van der Waals surface area contributed by atoms with Gasteiger partial charge in [0.2, 0.25) is 0 Å². The summed E-state index contributed by atoms with van der Waals surface area (Å²) < 4.78 is 0. The maximum Gasteiger partial charge on any atom is 0.185 e. The molecule has 0 heterocycles. The Bertz CT molecular complexity index is 475. The van der Waals surface area contributed by atoms with Gasteiger partial charge in [-0.2, -0.15) is 0 Å². The highest BCUT2D eigenvalue weighted by Crippen LogP contribution is 2.28. The van der Waals surface area contributed by atoms with Gasteiger partial charge >= 0.3 is 0 Å². The summed E-state index contributed by atoms with van der Waals surface area (Å²) in [5.41, 5.74) is 12.0. The van der Waals surface area contributed by atoms with Crippen molar-refractivity contribution in [2.75, 3.05) is 26.2 Å². The Kier molecular flexibility index (Phi) is 11.2. The van der Waals surface area contributed by atoms with E-state index in [9.17, 15) is 0 Å². The minimum absolute atomic E-state index is 0. The van der Waals surface area contributed by atoms with E-state index in [0.29, 0.717) is 16.6 Å². The molecule has 0 bridgehead atoms. The number of benzene rings is 1. The average Bonchev–Trinajstić information content (AvgIpc) is 2.46. The molecule has 22 heavy (non-hydrogen) atoms. The van der Waals surface area contributed by atoms with Crippen LogP contribution in [-0.2, 0) is 0 Å². The van der Waals surface area contributed by atoms with Crippen LogP contribution in [0.2, 0.25) is 10.0 Å². The summed E-state index contributed by atoms with van der Waals surface area (Å²) in [6, 6.07) is 5.71. The maximum atomic E-state index is 6.11. The van der Waals surface area contributed by atoms with Crippen LogP contribution in [0.1, 0.15) is 31.7 Å². The molecule has 1 unspecified atom stereocenters. The standard InChI is InChI=1S/C15H24Cl2N4.HI/c1-3-21(4-2)8-7-12(10-20-15(18)19)11-5-6-13(16)14(17)9-11;/h5-6,9,12H,3-4,7-8,10H2,1-2H3,(H4,18,19,20);1H. The van der Waals surface area contributed by atoms with Crippen molar-refractivity contribution < 1.29 is 0 Å². The molecule has 4 nitrogen and oxygen atoms in total. The van der Waals surface area contributed by atoms with E-state index in [0.717, 1.165) is 31.6 Å². The Balaban J connectivity index is 0.00000441. The van der Waals surface area contributed by atoms with Crippen molar-refractivity contribution in [3.63, 3.8) is 0 Å². The lowest BCUT2D eigenvalue weighted by atomic mass is 9.95. The Morgan fingerprint density at radius 3 is 2.32 bits per heavy atom. The molecular formula is C15H25Cl2IN4. The van der Waals surface area contributed by atoms with Gasteiger partial charge in [0, 0.05) is 12.5 Å². The number of nitrogens with two attached hydrogens (primary N) is 2. The summed E-state index contributed by atoms with van der Waals surface area (Å²) in [6.45, 7) is 7.95. The molecule has 1 rings (SSSR count). The quantitative estimate of drug-likeness (QED) is 0.354. The van der Waals surface area contributed by atoms with Crippen molar-refractivity contribution >= 4 is 53.1 Å². The molecule has 0 aromatic heterocycles.